The number of halogens is 2. The van der Waals surface area contributed by atoms with Crippen molar-refractivity contribution in [3.05, 3.63) is 53.7 Å². The van der Waals surface area contributed by atoms with E-state index in [1.54, 1.807) is 19.1 Å². The first-order chi connectivity index (χ1) is 8.58. The lowest BCUT2D eigenvalue weighted by atomic mass is 10.1. The van der Waals surface area contributed by atoms with Gasteiger partial charge in [-0.3, -0.25) is 0 Å². The van der Waals surface area contributed by atoms with Crippen LogP contribution in [0.3, 0.4) is 0 Å². The summed E-state index contributed by atoms with van der Waals surface area (Å²) in [6.07, 6.45) is 0.863. The third kappa shape index (κ3) is 2.56. The number of hydrogen-bond acceptors (Lipinski definition) is 3. The zero-order valence-electron chi connectivity index (χ0n) is 9.73. The van der Waals surface area contributed by atoms with Gasteiger partial charge < -0.3 is 10.5 Å². The largest absolute Gasteiger partial charge is 0.482 e. The fraction of sp³-hybridized carbons (Fsp3) is 0.154. The van der Waals surface area contributed by atoms with Crippen molar-refractivity contribution in [2.75, 3.05) is 5.73 Å². The maximum absolute atomic E-state index is 13.5. The summed E-state index contributed by atoms with van der Waals surface area (Å²) in [5.41, 5.74) is 5.75. The second-order valence-corrected chi connectivity index (χ2v) is 3.81. The Morgan fingerprint density at radius 2 is 2.06 bits per heavy atom. The van der Waals surface area contributed by atoms with Gasteiger partial charge in [-0.15, -0.1) is 0 Å². The fourth-order valence-electron chi connectivity index (χ4n) is 1.58. The lowest BCUT2D eigenvalue weighted by Gasteiger charge is -2.16. The number of pyridine rings is 1. The molecular formula is C13H12F2N2O. The summed E-state index contributed by atoms with van der Waals surface area (Å²) in [5, 5.41) is 0. The van der Waals surface area contributed by atoms with Gasteiger partial charge in [-0.25, -0.2) is 13.8 Å². The van der Waals surface area contributed by atoms with Crippen LogP contribution in [0, 0.1) is 11.6 Å². The van der Waals surface area contributed by atoms with Gasteiger partial charge in [0.25, 0.3) is 0 Å². The lowest BCUT2D eigenvalue weighted by molar-refractivity contribution is 0.221. The Bertz CT molecular complexity index is 560. The van der Waals surface area contributed by atoms with Crippen LogP contribution in [0.15, 0.2) is 36.5 Å². The van der Waals surface area contributed by atoms with Gasteiger partial charge in [0.2, 0.25) is 0 Å². The Morgan fingerprint density at radius 1 is 1.28 bits per heavy atom. The minimum absolute atomic E-state index is 0.137. The number of hydrogen-bond donors (Lipinski definition) is 1. The van der Waals surface area contributed by atoms with Crippen LogP contribution in [0.5, 0.6) is 5.75 Å². The molecule has 2 aromatic rings. The Balaban J connectivity index is 2.25. The summed E-state index contributed by atoms with van der Waals surface area (Å²) in [4.78, 5) is 3.85. The van der Waals surface area contributed by atoms with E-state index in [9.17, 15) is 8.78 Å². The number of rotatable bonds is 3. The van der Waals surface area contributed by atoms with Gasteiger partial charge in [0.05, 0.1) is 0 Å². The zero-order chi connectivity index (χ0) is 13.1. The molecule has 2 N–H and O–H groups in total. The molecule has 0 saturated heterocycles. The van der Waals surface area contributed by atoms with Crippen LogP contribution >= 0.6 is 0 Å². The number of nitrogen functional groups attached to an aromatic ring is 1. The summed E-state index contributed by atoms with van der Waals surface area (Å²) in [5.74, 6) is -0.484. The molecule has 1 aromatic heterocycles. The van der Waals surface area contributed by atoms with Crippen LogP contribution < -0.4 is 10.5 Å². The highest BCUT2D eigenvalue weighted by molar-refractivity contribution is 5.45. The maximum Gasteiger partial charge on any atom is 0.166 e. The van der Waals surface area contributed by atoms with Gasteiger partial charge in [-0.1, -0.05) is 0 Å². The smallest absolute Gasteiger partial charge is 0.166 e. The number of benzene rings is 1. The van der Waals surface area contributed by atoms with Crippen molar-refractivity contribution >= 4 is 5.82 Å². The van der Waals surface area contributed by atoms with E-state index in [2.05, 4.69) is 4.98 Å². The molecule has 0 bridgehead atoms. The minimum atomic E-state index is -0.660. The van der Waals surface area contributed by atoms with Gasteiger partial charge in [0.1, 0.15) is 17.7 Å². The summed E-state index contributed by atoms with van der Waals surface area (Å²) >= 11 is 0. The molecule has 18 heavy (non-hydrogen) atoms. The van der Waals surface area contributed by atoms with Crippen molar-refractivity contribution in [2.45, 2.75) is 13.0 Å². The van der Waals surface area contributed by atoms with E-state index < -0.39 is 17.7 Å². The van der Waals surface area contributed by atoms with Gasteiger partial charge in [0.15, 0.2) is 11.6 Å². The highest BCUT2D eigenvalue weighted by atomic mass is 19.1. The summed E-state index contributed by atoms with van der Waals surface area (Å²) in [6.45, 7) is 1.62. The first-order valence-corrected chi connectivity index (χ1v) is 5.40. The molecular weight excluding hydrogens is 238 g/mol. The van der Waals surface area contributed by atoms with Gasteiger partial charge in [0, 0.05) is 11.8 Å². The van der Waals surface area contributed by atoms with Crippen LogP contribution in [0.1, 0.15) is 18.6 Å². The second-order valence-electron chi connectivity index (χ2n) is 3.81. The predicted octanol–water partition coefficient (Wildman–Crippen LogP) is 3.08. The van der Waals surface area contributed by atoms with E-state index in [4.69, 9.17) is 10.5 Å². The molecule has 94 valence electrons. The topological polar surface area (TPSA) is 48.1 Å². The molecule has 0 unspecified atom stereocenters. The number of ether oxygens (including phenoxy) is 1. The zero-order valence-corrected chi connectivity index (χ0v) is 9.73. The van der Waals surface area contributed by atoms with E-state index in [-0.39, 0.29) is 11.4 Å². The van der Waals surface area contributed by atoms with E-state index in [1.165, 1.54) is 6.20 Å². The predicted molar refractivity (Wildman–Crippen MR) is 64.1 cm³/mol. The highest BCUT2D eigenvalue weighted by Gasteiger charge is 2.14. The molecule has 0 aliphatic heterocycles. The second kappa shape index (κ2) is 5.00. The molecule has 0 aliphatic carbocycles. The molecule has 2 rings (SSSR count). The average molecular weight is 250 g/mol. The van der Waals surface area contributed by atoms with E-state index in [1.807, 2.05) is 0 Å². The monoisotopic (exact) mass is 250 g/mol. The molecule has 1 aromatic carbocycles. The first kappa shape index (κ1) is 12.3. The third-order valence-electron chi connectivity index (χ3n) is 2.50. The lowest BCUT2D eigenvalue weighted by Crippen LogP contribution is -2.08. The van der Waals surface area contributed by atoms with Crippen molar-refractivity contribution in [1.82, 2.24) is 4.98 Å². The standard InChI is InChI=1S/C13H12F2N2O/c1-8(10-7-9(14)4-5-11(10)15)18-12-3-2-6-17-13(12)16/h2-8H,1H3,(H2,16,17)/t8-/m1/s1. The van der Waals surface area contributed by atoms with E-state index in [0.717, 1.165) is 18.2 Å². The molecule has 3 nitrogen and oxygen atoms in total. The molecule has 0 radical (unpaired) electrons. The van der Waals surface area contributed by atoms with Crippen molar-refractivity contribution in [3.8, 4) is 5.75 Å². The van der Waals surface area contributed by atoms with Gasteiger partial charge >= 0.3 is 0 Å². The molecule has 0 fully saturated rings. The van der Waals surface area contributed by atoms with Crippen molar-refractivity contribution in [1.29, 1.82) is 0 Å². The molecule has 0 saturated carbocycles. The normalized spacial score (nSPS) is 12.2. The minimum Gasteiger partial charge on any atom is -0.482 e. The quantitative estimate of drug-likeness (QED) is 0.910. The van der Waals surface area contributed by atoms with Gasteiger partial charge in [-0.2, -0.15) is 0 Å². The van der Waals surface area contributed by atoms with E-state index in [0.29, 0.717) is 5.75 Å². The highest BCUT2D eigenvalue weighted by Crippen LogP contribution is 2.26. The number of nitrogens with two attached hydrogens (primary N) is 1. The summed E-state index contributed by atoms with van der Waals surface area (Å²) in [6, 6.07) is 6.50. The number of aromatic nitrogens is 1. The number of anilines is 1. The SMILES string of the molecule is C[C@@H](Oc1cccnc1N)c1cc(F)ccc1F. The van der Waals surface area contributed by atoms with Crippen LogP contribution in [-0.2, 0) is 0 Å². The van der Waals surface area contributed by atoms with E-state index >= 15 is 0 Å². The molecule has 0 aliphatic rings. The summed E-state index contributed by atoms with van der Waals surface area (Å²) in [7, 11) is 0. The van der Waals surface area contributed by atoms with Crippen LogP contribution in [0.2, 0.25) is 0 Å². The van der Waals surface area contributed by atoms with Crippen molar-refractivity contribution in [2.24, 2.45) is 0 Å². The first-order valence-electron chi connectivity index (χ1n) is 5.40. The van der Waals surface area contributed by atoms with Crippen molar-refractivity contribution in [3.63, 3.8) is 0 Å². The maximum atomic E-state index is 13.5. The Labute approximate surface area is 103 Å². The third-order valence-corrected chi connectivity index (χ3v) is 2.50. The Morgan fingerprint density at radius 3 is 2.78 bits per heavy atom. The fourth-order valence-corrected chi connectivity index (χ4v) is 1.58. The summed E-state index contributed by atoms with van der Waals surface area (Å²) < 4.78 is 32.1. The molecule has 0 amide bonds. The molecule has 1 heterocycles. The molecule has 0 spiro atoms. The van der Waals surface area contributed by atoms with Crippen LogP contribution in [-0.4, -0.2) is 4.98 Å². The number of nitrogens with zero attached hydrogens (tertiary/aromatic N) is 1. The van der Waals surface area contributed by atoms with Crippen LogP contribution in [0.4, 0.5) is 14.6 Å². The van der Waals surface area contributed by atoms with Gasteiger partial charge in [-0.05, 0) is 37.3 Å². The Hall–Kier alpha value is -2.17. The van der Waals surface area contributed by atoms with Crippen molar-refractivity contribution < 1.29 is 13.5 Å². The molecule has 5 heteroatoms. The Kier molecular flexibility index (Phi) is 3.41. The molecule has 1 atom stereocenters. The van der Waals surface area contributed by atoms with Crippen LogP contribution in [0.25, 0.3) is 0 Å². The average Bonchev–Trinajstić information content (AvgIpc) is 2.35.